The van der Waals surface area contributed by atoms with Gasteiger partial charge < -0.3 is 34.7 Å². The summed E-state index contributed by atoms with van der Waals surface area (Å²) in [5.74, 6) is -4.40. The average molecular weight is 766 g/mol. The summed E-state index contributed by atoms with van der Waals surface area (Å²) in [4.78, 5) is 59.7. The Morgan fingerprint density at radius 2 is 1.56 bits per heavy atom. The molecule has 0 aromatic heterocycles. The van der Waals surface area contributed by atoms with Crippen LogP contribution in [0.3, 0.4) is 0 Å². The molecule has 1 saturated carbocycles. The summed E-state index contributed by atoms with van der Waals surface area (Å²) in [6.07, 6.45) is -6.53. The van der Waals surface area contributed by atoms with E-state index in [1.54, 1.807) is 24.3 Å². The maximum Gasteiger partial charge on any atom is 0.422 e. The third-order valence-corrected chi connectivity index (χ3v) is 10.1. The number of esters is 2. The van der Waals surface area contributed by atoms with Crippen molar-refractivity contribution in [2.75, 3.05) is 26.3 Å². The van der Waals surface area contributed by atoms with E-state index in [1.165, 1.54) is 11.1 Å². The first-order chi connectivity index (χ1) is 26.4. The summed E-state index contributed by atoms with van der Waals surface area (Å²) in [6, 6.07) is 23.8. The molecule has 4 aliphatic rings. The van der Waals surface area contributed by atoms with Gasteiger partial charge >= 0.3 is 18.1 Å². The highest BCUT2D eigenvalue weighted by Gasteiger charge is 2.76. The molecule has 3 N–H and O–H groups in total. The zero-order valence-corrected chi connectivity index (χ0v) is 29.3. The third kappa shape index (κ3) is 7.47. The maximum atomic E-state index is 14.6. The van der Waals surface area contributed by atoms with Gasteiger partial charge in [-0.2, -0.15) is 18.2 Å². The Labute approximate surface area is 313 Å². The summed E-state index contributed by atoms with van der Waals surface area (Å²) < 4.78 is 61.9. The maximum absolute atomic E-state index is 14.6. The summed E-state index contributed by atoms with van der Waals surface area (Å²) >= 11 is 0. The van der Waals surface area contributed by atoms with Crippen LogP contribution in [0.4, 0.5) is 13.2 Å². The summed E-state index contributed by atoms with van der Waals surface area (Å²) in [5, 5.41) is 15.8. The van der Waals surface area contributed by atoms with Gasteiger partial charge in [0, 0.05) is 43.1 Å². The molecular formula is C39H38F3N3O10. The number of fused-ring (bicyclic) bond motifs is 4. The highest BCUT2D eigenvalue weighted by atomic mass is 19.4. The lowest BCUT2D eigenvalue weighted by Gasteiger charge is -2.48. The normalized spacial score (nSPS) is 26.6. The molecule has 0 spiro atoms. The van der Waals surface area contributed by atoms with Gasteiger partial charge in [0.2, 0.25) is 17.6 Å². The fraction of sp³-hybridized carbons (Fsp3) is 0.385. The number of alkyl halides is 3. The minimum absolute atomic E-state index is 0.0100. The Morgan fingerprint density at radius 3 is 2.24 bits per heavy atom. The highest BCUT2D eigenvalue weighted by Crippen LogP contribution is 2.59. The van der Waals surface area contributed by atoms with Crippen LogP contribution in [-0.2, 0) is 55.3 Å². The lowest BCUT2D eigenvalue weighted by Crippen LogP contribution is -2.69. The monoisotopic (exact) mass is 765 g/mol. The van der Waals surface area contributed by atoms with Gasteiger partial charge in [-0.15, -0.1) is 0 Å². The second-order valence-corrected chi connectivity index (χ2v) is 13.6. The lowest BCUT2D eigenvalue weighted by atomic mass is 9.62. The van der Waals surface area contributed by atoms with Crippen LogP contribution in [0.25, 0.3) is 6.08 Å². The van der Waals surface area contributed by atoms with Crippen LogP contribution >= 0.6 is 0 Å². The van der Waals surface area contributed by atoms with E-state index in [1.807, 2.05) is 60.7 Å². The zero-order chi connectivity index (χ0) is 38.8. The fourth-order valence-corrected chi connectivity index (χ4v) is 7.79. The van der Waals surface area contributed by atoms with E-state index in [4.69, 9.17) is 24.2 Å². The number of aliphatic hydroxyl groups is 1. The lowest BCUT2D eigenvalue weighted by molar-refractivity contribution is -0.213. The molecular weight excluding hydrogens is 727 g/mol. The molecule has 55 heavy (non-hydrogen) atoms. The van der Waals surface area contributed by atoms with Crippen molar-refractivity contribution in [2.45, 2.75) is 61.8 Å². The van der Waals surface area contributed by atoms with Crippen molar-refractivity contribution < 1.29 is 61.2 Å². The molecule has 1 aliphatic carbocycles. The third-order valence-electron chi connectivity index (χ3n) is 10.1. The number of hydrogen-bond acceptors (Lipinski definition) is 11. The van der Waals surface area contributed by atoms with Crippen LogP contribution in [0, 0.1) is 5.41 Å². The van der Waals surface area contributed by atoms with Gasteiger partial charge in [-0.3, -0.25) is 19.2 Å². The molecule has 2 bridgehead atoms. The van der Waals surface area contributed by atoms with E-state index in [-0.39, 0.29) is 39.1 Å². The minimum atomic E-state index is -4.69. The van der Waals surface area contributed by atoms with Crippen LogP contribution in [0.1, 0.15) is 35.1 Å². The van der Waals surface area contributed by atoms with Gasteiger partial charge in [0.05, 0.1) is 13.2 Å². The van der Waals surface area contributed by atoms with Gasteiger partial charge in [-0.25, -0.2) is 4.79 Å². The van der Waals surface area contributed by atoms with Crippen molar-refractivity contribution in [1.82, 2.24) is 15.7 Å². The number of rotatable bonds is 13. The molecule has 3 aromatic carbocycles. The molecule has 13 nitrogen and oxygen atoms in total. The van der Waals surface area contributed by atoms with Crippen molar-refractivity contribution in [1.29, 1.82) is 0 Å². The van der Waals surface area contributed by atoms with Crippen LogP contribution in [0.15, 0.2) is 91.0 Å². The Morgan fingerprint density at radius 1 is 0.909 bits per heavy atom. The molecule has 3 heterocycles. The van der Waals surface area contributed by atoms with Gasteiger partial charge in [0.1, 0.15) is 29.8 Å². The number of benzene rings is 3. The molecule has 3 aliphatic heterocycles. The van der Waals surface area contributed by atoms with E-state index in [2.05, 4.69) is 15.4 Å². The number of carbonyl (C=O) groups excluding carboxylic acids is 4. The number of amides is 2. The quantitative estimate of drug-likeness (QED) is 0.173. The van der Waals surface area contributed by atoms with Crippen LogP contribution < -0.4 is 10.6 Å². The molecule has 7 rings (SSSR count). The summed E-state index contributed by atoms with van der Waals surface area (Å²) in [6.45, 7) is -2.16. The predicted octanol–water partition coefficient (Wildman–Crippen LogP) is 2.91. The number of nitrogens with one attached hydrogen (secondary N) is 2. The molecule has 0 radical (unpaired) electrons. The predicted molar refractivity (Wildman–Crippen MR) is 185 cm³/mol. The first-order valence-corrected chi connectivity index (χ1v) is 17.7. The first-order valence-electron chi connectivity index (χ1n) is 17.7. The van der Waals surface area contributed by atoms with Crippen molar-refractivity contribution in [3.8, 4) is 0 Å². The molecule has 4 fully saturated rings. The van der Waals surface area contributed by atoms with E-state index >= 15 is 0 Å². The smallest absolute Gasteiger partial charge is 0.422 e. The van der Waals surface area contributed by atoms with Crippen molar-refractivity contribution in [2.24, 2.45) is 5.41 Å². The number of hydroxylamine groups is 2. The molecule has 3 saturated heterocycles. The SMILES string of the molecule is O=C(CCNC(=O)[C@@]12C[C@H]3OC(=O)[C@@H]1N(Cc1ccccc1C=CC(=O)OCC(F)(F)F)O[C@@H]2[C@H]1OC(c2ccccc2)(c2ccccc2)O[C@H]13)NCCO. The first kappa shape index (κ1) is 38.2. The standard InChI is InChI=1S/C39H38F3N3O10/c40-38(41,42)23-51-30(48)16-15-24-9-7-8-10-25(24)22-45-33-35(49)52-28-21-37(33,36(50)44-18-17-29(47)43-19-20-46)34(55-45)32-31(28)53-39(54-32,26-11-3-1-4-12-26)27-13-5-2-6-14-27/h1-16,28,31-34,46H,17-23H2,(H,43,47)(H,44,50)/t28-,31+,32+,33+,34-,37+/m1/s1. The second kappa shape index (κ2) is 15.5. The number of halogens is 3. The number of aliphatic hydroxyl groups excluding tert-OH is 1. The van der Waals surface area contributed by atoms with Crippen molar-refractivity contribution in [3.05, 3.63) is 113 Å². The number of carbonyl (C=O) groups is 4. The Kier molecular flexibility index (Phi) is 10.8. The number of hydrogen-bond donors (Lipinski definition) is 3. The molecule has 3 aromatic rings. The van der Waals surface area contributed by atoms with Crippen LogP contribution in [-0.4, -0.2) is 96.9 Å². The average Bonchev–Trinajstić information content (AvgIpc) is 3.76. The number of ether oxygens (including phenoxy) is 4. The Hall–Kier alpha value is -5.13. The van der Waals surface area contributed by atoms with E-state index in [0.29, 0.717) is 22.3 Å². The van der Waals surface area contributed by atoms with Gasteiger partial charge in [-0.05, 0) is 17.2 Å². The van der Waals surface area contributed by atoms with E-state index < -0.39 is 78.2 Å². The molecule has 290 valence electrons. The Bertz CT molecular complexity index is 1890. The van der Waals surface area contributed by atoms with Crippen LogP contribution in [0.5, 0.6) is 0 Å². The topological polar surface area (TPSA) is 162 Å². The van der Waals surface area contributed by atoms with Crippen LogP contribution in [0.2, 0.25) is 0 Å². The van der Waals surface area contributed by atoms with Crippen molar-refractivity contribution in [3.63, 3.8) is 0 Å². The second-order valence-electron chi connectivity index (χ2n) is 13.6. The van der Waals surface area contributed by atoms with E-state index in [9.17, 15) is 32.3 Å². The fourth-order valence-electron chi connectivity index (χ4n) is 7.79. The summed E-state index contributed by atoms with van der Waals surface area (Å²) in [5.41, 5.74) is 0.622. The molecule has 0 unspecified atom stereocenters. The van der Waals surface area contributed by atoms with Gasteiger partial charge in [0.15, 0.2) is 12.6 Å². The number of nitrogens with zero attached hydrogens (tertiary/aromatic N) is 1. The Balaban J connectivity index is 1.23. The van der Waals surface area contributed by atoms with Crippen molar-refractivity contribution >= 4 is 29.8 Å². The zero-order valence-electron chi connectivity index (χ0n) is 29.3. The summed E-state index contributed by atoms with van der Waals surface area (Å²) in [7, 11) is 0. The minimum Gasteiger partial charge on any atom is -0.458 e. The largest absolute Gasteiger partial charge is 0.458 e. The highest BCUT2D eigenvalue weighted by molar-refractivity contribution is 5.94. The van der Waals surface area contributed by atoms with E-state index in [0.717, 1.165) is 6.08 Å². The molecule has 2 amide bonds. The molecule has 6 atom stereocenters. The molecule has 16 heteroatoms. The van der Waals surface area contributed by atoms with Gasteiger partial charge in [-0.1, -0.05) is 84.9 Å². The van der Waals surface area contributed by atoms with Gasteiger partial charge in [0.25, 0.3) is 0 Å².